The Balaban J connectivity index is 1.32. The monoisotopic (exact) mass is 590 g/mol. The molecule has 43 heavy (non-hydrogen) atoms. The summed E-state index contributed by atoms with van der Waals surface area (Å²) in [7, 11) is -4.02. The number of ether oxygens (including phenoxy) is 1. The highest BCUT2D eigenvalue weighted by Crippen LogP contribution is 2.36. The van der Waals surface area contributed by atoms with Crippen LogP contribution in [0.15, 0.2) is 90.1 Å². The van der Waals surface area contributed by atoms with Gasteiger partial charge in [-0.1, -0.05) is 29.8 Å². The van der Waals surface area contributed by atoms with Crippen LogP contribution in [0.25, 0.3) is 33.5 Å². The number of hydrogen-bond donors (Lipinski definition) is 0. The third-order valence-corrected chi connectivity index (χ3v) is 10.1. The summed E-state index contributed by atoms with van der Waals surface area (Å²) in [5.41, 5.74) is 5.39. The fourth-order valence-electron chi connectivity index (χ4n) is 5.83. The molecule has 9 nitrogen and oxygen atoms in total. The Morgan fingerprint density at radius 1 is 0.884 bits per heavy atom. The lowest BCUT2D eigenvalue weighted by Gasteiger charge is -2.43. The summed E-state index contributed by atoms with van der Waals surface area (Å²) >= 11 is 0. The maximum atomic E-state index is 14.2. The lowest BCUT2D eigenvalue weighted by molar-refractivity contribution is -0.0660. The average molecular weight is 591 g/mol. The molecule has 3 aromatic heterocycles. The van der Waals surface area contributed by atoms with Crippen LogP contribution in [0.3, 0.4) is 0 Å². The van der Waals surface area contributed by atoms with Crippen molar-refractivity contribution >= 4 is 26.7 Å². The molecule has 0 amide bonds. The Hall–Kier alpha value is -4.56. The summed E-state index contributed by atoms with van der Waals surface area (Å²) < 4.78 is 35.2. The maximum absolute atomic E-state index is 14.2. The first-order valence-corrected chi connectivity index (χ1v) is 15.7. The van der Waals surface area contributed by atoms with Crippen molar-refractivity contribution in [1.82, 2.24) is 18.8 Å². The minimum absolute atomic E-state index is 0.181. The van der Waals surface area contributed by atoms with Crippen LogP contribution in [0.2, 0.25) is 0 Å². The van der Waals surface area contributed by atoms with E-state index < -0.39 is 10.0 Å². The lowest BCUT2D eigenvalue weighted by atomic mass is 10.1. The molecule has 0 bridgehead atoms. The Bertz CT molecular complexity index is 1950. The van der Waals surface area contributed by atoms with Crippen molar-refractivity contribution in [2.75, 3.05) is 44.3 Å². The van der Waals surface area contributed by atoms with Crippen molar-refractivity contribution in [3.63, 3.8) is 0 Å². The molecule has 0 saturated carbocycles. The highest BCUT2D eigenvalue weighted by molar-refractivity contribution is 7.90. The molecule has 0 unspecified atom stereocenters. The number of aromatic nitrogens is 3. The van der Waals surface area contributed by atoms with Crippen LogP contribution < -0.4 is 4.90 Å². The molecule has 5 aromatic rings. The molecule has 2 aliphatic rings. The molecule has 0 aliphatic carbocycles. The summed E-state index contributed by atoms with van der Waals surface area (Å²) in [6, 6.07) is 24.6. The van der Waals surface area contributed by atoms with Crippen LogP contribution >= 0.6 is 0 Å². The number of pyridine rings is 2. The average Bonchev–Trinajstić information content (AvgIpc) is 3.42. The van der Waals surface area contributed by atoms with Gasteiger partial charge < -0.3 is 9.64 Å². The first kappa shape index (κ1) is 27.3. The Kier molecular flexibility index (Phi) is 6.94. The zero-order chi connectivity index (χ0) is 29.6. The van der Waals surface area contributed by atoms with E-state index in [1.54, 1.807) is 54.9 Å². The fourth-order valence-corrected chi connectivity index (χ4v) is 7.31. The number of benzene rings is 2. The topological polar surface area (TPSA) is 104 Å². The van der Waals surface area contributed by atoms with Crippen molar-refractivity contribution in [2.24, 2.45) is 0 Å². The van der Waals surface area contributed by atoms with E-state index >= 15 is 0 Å². The summed E-state index contributed by atoms with van der Waals surface area (Å²) in [6.45, 7) is 7.42. The van der Waals surface area contributed by atoms with Gasteiger partial charge in [0.05, 0.1) is 47.2 Å². The van der Waals surface area contributed by atoms with Gasteiger partial charge in [-0.3, -0.25) is 9.88 Å². The molecule has 0 radical (unpaired) electrons. The van der Waals surface area contributed by atoms with E-state index in [1.807, 2.05) is 25.1 Å². The predicted molar refractivity (Wildman–Crippen MR) is 165 cm³/mol. The molecular formula is C33H30N6O3S. The second-order valence-electron chi connectivity index (χ2n) is 11.0. The summed E-state index contributed by atoms with van der Waals surface area (Å²) in [6.07, 6.45) is 3.17. The summed E-state index contributed by atoms with van der Waals surface area (Å²) in [5, 5.41) is 10.1. The van der Waals surface area contributed by atoms with Gasteiger partial charge in [-0.05, 0) is 61.0 Å². The Labute approximate surface area is 250 Å². The van der Waals surface area contributed by atoms with Crippen LogP contribution in [0.4, 0.5) is 5.69 Å². The van der Waals surface area contributed by atoms with Crippen LogP contribution in [0.1, 0.15) is 11.1 Å². The Morgan fingerprint density at radius 3 is 2.28 bits per heavy atom. The standard InChI is InChI=1S/C33H30N6O3S/c1-23-2-8-28(9-3-23)43(40,41)39-32(19-30-29(11-13-36-33(30)39)31-18-24(20-34)10-12-35-31)25-4-6-26(7-5-25)37-14-16-38(17-15-37)27-21-42-22-27/h2-13,18-19,27H,14-17,21-22H2,1H3. The van der Waals surface area contributed by atoms with E-state index in [1.165, 1.54) is 3.97 Å². The number of fused-ring (bicyclic) bond motifs is 1. The van der Waals surface area contributed by atoms with Crippen molar-refractivity contribution in [2.45, 2.75) is 17.9 Å². The van der Waals surface area contributed by atoms with E-state index in [9.17, 15) is 13.7 Å². The molecule has 0 N–H and O–H groups in total. The van der Waals surface area contributed by atoms with E-state index in [0.717, 1.165) is 56.2 Å². The van der Waals surface area contributed by atoms with Gasteiger partial charge in [0.15, 0.2) is 5.65 Å². The van der Waals surface area contributed by atoms with Gasteiger partial charge >= 0.3 is 0 Å². The molecule has 0 atom stereocenters. The maximum Gasteiger partial charge on any atom is 0.269 e. The summed E-state index contributed by atoms with van der Waals surface area (Å²) in [5.74, 6) is 0. The first-order chi connectivity index (χ1) is 20.9. The zero-order valence-electron chi connectivity index (χ0n) is 23.7. The molecule has 0 spiro atoms. The van der Waals surface area contributed by atoms with Gasteiger partial charge in [0.1, 0.15) is 0 Å². The number of hydrogen-bond acceptors (Lipinski definition) is 8. The molecule has 10 heteroatoms. The van der Waals surface area contributed by atoms with Crippen LogP contribution in [0.5, 0.6) is 0 Å². The largest absolute Gasteiger partial charge is 0.378 e. The minimum Gasteiger partial charge on any atom is -0.378 e. The van der Waals surface area contributed by atoms with E-state index in [-0.39, 0.29) is 4.90 Å². The van der Waals surface area contributed by atoms with Gasteiger partial charge in [0, 0.05) is 55.2 Å². The predicted octanol–water partition coefficient (Wildman–Crippen LogP) is 4.70. The third kappa shape index (κ3) is 4.95. The normalized spacial score (nSPS) is 16.2. The van der Waals surface area contributed by atoms with Crippen LogP contribution in [-0.2, 0) is 14.8 Å². The van der Waals surface area contributed by atoms with Gasteiger partial charge in [-0.25, -0.2) is 17.4 Å². The number of nitrogens with zero attached hydrogens (tertiary/aromatic N) is 6. The number of rotatable bonds is 6. The minimum atomic E-state index is -4.02. The lowest BCUT2D eigenvalue weighted by Crippen LogP contribution is -2.56. The molecule has 2 aromatic carbocycles. The molecule has 2 aliphatic heterocycles. The SMILES string of the molecule is Cc1ccc(S(=O)(=O)n2c(-c3ccc(N4CCN(C5COC5)CC4)cc3)cc3c(-c4cc(C#N)ccn4)ccnc32)cc1. The number of aryl methyl sites for hydroxylation is 1. The number of piperazine rings is 1. The molecule has 216 valence electrons. The molecular weight excluding hydrogens is 560 g/mol. The van der Waals surface area contributed by atoms with Crippen LogP contribution in [0, 0.1) is 18.3 Å². The first-order valence-electron chi connectivity index (χ1n) is 14.3. The van der Waals surface area contributed by atoms with Gasteiger partial charge in [-0.15, -0.1) is 0 Å². The van der Waals surface area contributed by atoms with Crippen molar-refractivity contribution < 1.29 is 13.2 Å². The quantitative estimate of drug-likeness (QED) is 0.280. The molecule has 2 saturated heterocycles. The van der Waals surface area contributed by atoms with E-state index in [4.69, 9.17) is 4.74 Å². The van der Waals surface area contributed by atoms with Crippen molar-refractivity contribution in [3.05, 3.63) is 96.3 Å². The van der Waals surface area contributed by atoms with Crippen molar-refractivity contribution in [3.8, 4) is 28.6 Å². The highest BCUT2D eigenvalue weighted by atomic mass is 32.2. The molecule has 7 rings (SSSR count). The van der Waals surface area contributed by atoms with Gasteiger partial charge in [0.25, 0.3) is 10.0 Å². The van der Waals surface area contributed by atoms with Crippen molar-refractivity contribution in [1.29, 1.82) is 5.26 Å². The summed E-state index contributed by atoms with van der Waals surface area (Å²) in [4.78, 5) is 14.1. The third-order valence-electron chi connectivity index (χ3n) is 8.36. The van der Waals surface area contributed by atoms with E-state index in [2.05, 4.69) is 38.0 Å². The second kappa shape index (κ2) is 10.9. The van der Waals surface area contributed by atoms with Gasteiger partial charge in [-0.2, -0.15) is 5.26 Å². The highest BCUT2D eigenvalue weighted by Gasteiger charge is 2.29. The molecule has 2 fully saturated rings. The van der Waals surface area contributed by atoms with Crippen LogP contribution in [-0.4, -0.2) is 72.7 Å². The fraction of sp³-hybridized carbons (Fsp3) is 0.242. The smallest absolute Gasteiger partial charge is 0.269 e. The number of anilines is 1. The van der Waals surface area contributed by atoms with Gasteiger partial charge in [0.2, 0.25) is 0 Å². The molecule has 5 heterocycles. The van der Waals surface area contributed by atoms with E-state index in [0.29, 0.717) is 39.6 Å². The second-order valence-corrected chi connectivity index (χ2v) is 12.8. The Morgan fingerprint density at radius 2 is 1.60 bits per heavy atom. The zero-order valence-corrected chi connectivity index (χ0v) is 24.5. The number of nitriles is 1.